The highest BCUT2D eigenvalue weighted by atomic mass is 32.2. The Balaban J connectivity index is 1.91. The number of nitro groups is 1. The molecule has 0 saturated heterocycles. The van der Waals surface area contributed by atoms with Gasteiger partial charge in [0.25, 0.3) is 5.69 Å². The van der Waals surface area contributed by atoms with Gasteiger partial charge < -0.3 is 10.6 Å². The molecule has 0 aromatic heterocycles. The molecule has 0 fully saturated rings. The predicted octanol–water partition coefficient (Wildman–Crippen LogP) is 1.15. The monoisotopic (exact) mass is 381 g/mol. The Hall–Kier alpha value is -2.46. The van der Waals surface area contributed by atoms with Crippen molar-refractivity contribution in [2.45, 2.75) is 30.7 Å². The van der Waals surface area contributed by atoms with Crippen molar-refractivity contribution in [2.24, 2.45) is 4.99 Å². The number of hydrogen-bond donors (Lipinski definition) is 3. The first-order valence-electron chi connectivity index (χ1n) is 8.36. The van der Waals surface area contributed by atoms with Gasteiger partial charge in [0, 0.05) is 31.3 Å². The van der Waals surface area contributed by atoms with Crippen molar-refractivity contribution in [3.63, 3.8) is 0 Å². The van der Waals surface area contributed by atoms with E-state index >= 15 is 0 Å². The fourth-order valence-corrected chi connectivity index (χ4v) is 3.50. The van der Waals surface area contributed by atoms with E-state index in [1.807, 2.05) is 6.92 Å². The number of sulfonamides is 1. The number of nitrogens with zero attached hydrogens (tertiary/aromatic N) is 2. The van der Waals surface area contributed by atoms with E-state index in [0.717, 1.165) is 18.9 Å². The van der Waals surface area contributed by atoms with Crippen LogP contribution in [0.25, 0.3) is 0 Å². The van der Waals surface area contributed by atoms with Crippen LogP contribution in [-0.2, 0) is 10.0 Å². The summed E-state index contributed by atoms with van der Waals surface area (Å²) in [7, 11) is -3.82. The Kier molecular flexibility index (Phi) is 7.10. The van der Waals surface area contributed by atoms with Gasteiger partial charge in [-0.3, -0.25) is 15.1 Å². The van der Waals surface area contributed by atoms with Crippen molar-refractivity contribution < 1.29 is 13.3 Å². The van der Waals surface area contributed by atoms with Crippen molar-refractivity contribution in [3.8, 4) is 0 Å². The van der Waals surface area contributed by atoms with E-state index in [0.29, 0.717) is 18.5 Å². The van der Waals surface area contributed by atoms with Crippen LogP contribution in [0.15, 0.2) is 46.3 Å². The maximum absolute atomic E-state index is 12.2. The number of guanidine groups is 1. The summed E-state index contributed by atoms with van der Waals surface area (Å²) in [6.07, 6.45) is 6.08. The Morgan fingerprint density at radius 3 is 2.73 bits per heavy atom. The molecule has 0 heterocycles. The van der Waals surface area contributed by atoms with Gasteiger partial charge in [0.2, 0.25) is 10.0 Å². The van der Waals surface area contributed by atoms with Crippen LogP contribution in [0.3, 0.4) is 0 Å². The molecule has 26 heavy (non-hydrogen) atoms. The summed E-state index contributed by atoms with van der Waals surface area (Å²) in [4.78, 5) is 14.4. The molecular weight excluding hydrogens is 358 g/mol. The topological polar surface area (TPSA) is 126 Å². The summed E-state index contributed by atoms with van der Waals surface area (Å²) in [6.45, 7) is 2.98. The van der Waals surface area contributed by atoms with Crippen LogP contribution < -0.4 is 15.4 Å². The SMILES string of the molecule is CCNC(=NCCNS(=O)(=O)c1cccc([N+](=O)[O-])c1)NC1CC=CC1. The predicted molar refractivity (Wildman–Crippen MR) is 99.6 cm³/mol. The summed E-state index contributed by atoms with van der Waals surface area (Å²) in [5.41, 5.74) is -0.269. The minimum atomic E-state index is -3.82. The average Bonchev–Trinajstić information content (AvgIpc) is 3.12. The molecule has 0 radical (unpaired) electrons. The normalized spacial score (nSPS) is 15.2. The maximum atomic E-state index is 12.2. The van der Waals surface area contributed by atoms with Crippen molar-refractivity contribution in [1.82, 2.24) is 15.4 Å². The molecule has 142 valence electrons. The molecule has 0 amide bonds. The number of hydrogen-bond acceptors (Lipinski definition) is 5. The zero-order valence-electron chi connectivity index (χ0n) is 14.5. The van der Waals surface area contributed by atoms with Gasteiger partial charge in [0.15, 0.2) is 5.96 Å². The van der Waals surface area contributed by atoms with E-state index in [2.05, 4.69) is 32.5 Å². The molecule has 1 aliphatic carbocycles. The number of aliphatic imine (C=N–C) groups is 1. The number of non-ortho nitro benzene ring substituents is 1. The molecule has 2 rings (SSSR count). The van der Waals surface area contributed by atoms with E-state index < -0.39 is 14.9 Å². The van der Waals surface area contributed by atoms with Gasteiger partial charge >= 0.3 is 0 Å². The lowest BCUT2D eigenvalue weighted by Crippen LogP contribution is -2.42. The lowest BCUT2D eigenvalue weighted by molar-refractivity contribution is -0.385. The first-order valence-corrected chi connectivity index (χ1v) is 9.84. The van der Waals surface area contributed by atoms with Crippen molar-refractivity contribution >= 4 is 21.7 Å². The molecule has 10 heteroatoms. The third-order valence-corrected chi connectivity index (χ3v) is 5.16. The van der Waals surface area contributed by atoms with Crippen LogP contribution >= 0.6 is 0 Å². The highest BCUT2D eigenvalue weighted by molar-refractivity contribution is 7.89. The molecule has 0 atom stereocenters. The molecular formula is C16H23N5O4S. The van der Waals surface area contributed by atoms with Gasteiger partial charge in [-0.2, -0.15) is 0 Å². The Morgan fingerprint density at radius 2 is 2.08 bits per heavy atom. The Labute approximate surface area is 152 Å². The van der Waals surface area contributed by atoms with Crippen LogP contribution in [0, 0.1) is 10.1 Å². The molecule has 1 aromatic carbocycles. The maximum Gasteiger partial charge on any atom is 0.270 e. The van der Waals surface area contributed by atoms with Crippen LogP contribution in [0.4, 0.5) is 5.69 Å². The highest BCUT2D eigenvalue weighted by Gasteiger charge is 2.17. The smallest absolute Gasteiger partial charge is 0.270 e. The molecule has 1 aromatic rings. The first kappa shape index (κ1) is 19.9. The second-order valence-electron chi connectivity index (χ2n) is 5.70. The largest absolute Gasteiger partial charge is 0.357 e. The van der Waals surface area contributed by atoms with Gasteiger partial charge in [-0.05, 0) is 25.8 Å². The number of nitrogens with one attached hydrogen (secondary N) is 3. The lowest BCUT2D eigenvalue weighted by Gasteiger charge is -2.16. The summed E-state index contributed by atoms with van der Waals surface area (Å²) in [5, 5.41) is 17.2. The van der Waals surface area contributed by atoms with E-state index in [4.69, 9.17) is 0 Å². The number of benzene rings is 1. The Morgan fingerprint density at radius 1 is 1.35 bits per heavy atom. The molecule has 0 bridgehead atoms. The fraction of sp³-hybridized carbons (Fsp3) is 0.438. The first-order chi connectivity index (χ1) is 12.4. The molecule has 0 aliphatic heterocycles. The molecule has 0 saturated carbocycles. The zero-order valence-corrected chi connectivity index (χ0v) is 15.3. The highest BCUT2D eigenvalue weighted by Crippen LogP contribution is 2.16. The van der Waals surface area contributed by atoms with E-state index in [9.17, 15) is 18.5 Å². The third kappa shape index (κ3) is 5.81. The summed E-state index contributed by atoms with van der Waals surface area (Å²) in [6, 6.07) is 5.24. The summed E-state index contributed by atoms with van der Waals surface area (Å²) in [5.74, 6) is 0.635. The van der Waals surface area contributed by atoms with Crippen LogP contribution in [-0.4, -0.2) is 45.0 Å². The number of nitro benzene ring substituents is 1. The lowest BCUT2D eigenvalue weighted by atomic mass is 10.2. The zero-order chi connectivity index (χ0) is 19.0. The number of rotatable bonds is 8. The minimum Gasteiger partial charge on any atom is -0.357 e. The van der Waals surface area contributed by atoms with Crippen molar-refractivity contribution in [2.75, 3.05) is 19.6 Å². The van der Waals surface area contributed by atoms with E-state index in [1.165, 1.54) is 18.2 Å². The molecule has 9 nitrogen and oxygen atoms in total. The van der Waals surface area contributed by atoms with Gasteiger partial charge in [-0.25, -0.2) is 13.1 Å². The van der Waals surface area contributed by atoms with E-state index in [-0.39, 0.29) is 23.7 Å². The van der Waals surface area contributed by atoms with Gasteiger partial charge in [0.1, 0.15) is 0 Å². The van der Waals surface area contributed by atoms with E-state index in [1.54, 1.807) is 0 Å². The molecule has 1 aliphatic rings. The quantitative estimate of drug-likeness (QED) is 0.155. The second kappa shape index (κ2) is 9.30. The second-order valence-corrected chi connectivity index (χ2v) is 7.46. The van der Waals surface area contributed by atoms with Crippen LogP contribution in [0.5, 0.6) is 0 Å². The van der Waals surface area contributed by atoms with Crippen molar-refractivity contribution in [3.05, 3.63) is 46.5 Å². The Bertz CT molecular complexity index is 784. The van der Waals surface area contributed by atoms with Gasteiger partial charge in [0.05, 0.1) is 16.4 Å². The van der Waals surface area contributed by atoms with Gasteiger partial charge in [-0.15, -0.1) is 0 Å². The van der Waals surface area contributed by atoms with Crippen LogP contribution in [0.2, 0.25) is 0 Å². The fourth-order valence-electron chi connectivity index (χ4n) is 2.44. The molecule has 3 N–H and O–H groups in total. The van der Waals surface area contributed by atoms with Crippen LogP contribution in [0.1, 0.15) is 19.8 Å². The third-order valence-electron chi connectivity index (χ3n) is 3.71. The molecule has 0 spiro atoms. The molecule has 0 unspecified atom stereocenters. The summed E-state index contributed by atoms with van der Waals surface area (Å²) >= 11 is 0. The minimum absolute atomic E-state index is 0.0878. The standard InChI is InChI=1S/C16H23N5O4S/c1-2-17-16(20-13-6-3-4-7-13)18-10-11-19-26(24,25)15-9-5-8-14(12-15)21(22)23/h3-5,8-9,12-13,19H,2,6-7,10-11H2,1H3,(H2,17,18,20). The van der Waals surface area contributed by atoms with Gasteiger partial charge in [-0.1, -0.05) is 18.2 Å². The van der Waals surface area contributed by atoms with Crippen molar-refractivity contribution in [1.29, 1.82) is 0 Å². The average molecular weight is 381 g/mol. The summed E-state index contributed by atoms with van der Waals surface area (Å²) < 4.78 is 26.9.